The van der Waals surface area contributed by atoms with Crippen LogP contribution in [0.2, 0.25) is 0 Å². The third-order valence-corrected chi connectivity index (χ3v) is 8.34. The number of hydrogen-bond acceptors (Lipinski definition) is 5. The Labute approximate surface area is 184 Å². The number of benzene rings is 1. The first-order valence-corrected chi connectivity index (χ1v) is 12.9. The SMILES string of the molecule is CCc1cc(Br)cc(CC)c1NC(=O)C(C)(C)c1csc(NS(=O)(=O)C2CC2)n1. The minimum atomic E-state index is -3.37. The molecule has 1 heterocycles. The first-order chi connectivity index (χ1) is 13.6. The summed E-state index contributed by atoms with van der Waals surface area (Å²) in [7, 11) is -3.37. The van der Waals surface area contributed by atoms with Crippen LogP contribution in [0.4, 0.5) is 10.8 Å². The van der Waals surface area contributed by atoms with Gasteiger partial charge in [0.2, 0.25) is 15.9 Å². The fourth-order valence-electron chi connectivity index (χ4n) is 3.02. The second kappa shape index (κ2) is 8.35. The lowest BCUT2D eigenvalue weighted by molar-refractivity contribution is -0.120. The summed E-state index contributed by atoms with van der Waals surface area (Å²) in [4.78, 5) is 17.6. The molecule has 1 aromatic heterocycles. The molecule has 158 valence electrons. The van der Waals surface area contributed by atoms with E-state index in [4.69, 9.17) is 0 Å². The Kier molecular flexibility index (Phi) is 6.41. The molecule has 1 amide bonds. The molecule has 0 atom stereocenters. The van der Waals surface area contributed by atoms with Crippen LogP contribution in [-0.4, -0.2) is 24.6 Å². The van der Waals surface area contributed by atoms with Crippen LogP contribution < -0.4 is 10.0 Å². The summed E-state index contributed by atoms with van der Waals surface area (Å²) in [6.07, 6.45) is 2.97. The molecule has 1 aliphatic carbocycles. The van der Waals surface area contributed by atoms with Crippen LogP contribution >= 0.6 is 27.3 Å². The smallest absolute Gasteiger partial charge is 0.237 e. The van der Waals surface area contributed by atoms with Gasteiger partial charge in [-0.3, -0.25) is 9.52 Å². The van der Waals surface area contributed by atoms with Gasteiger partial charge in [0, 0.05) is 15.5 Å². The highest BCUT2D eigenvalue weighted by Crippen LogP contribution is 2.34. The van der Waals surface area contributed by atoms with E-state index in [-0.39, 0.29) is 11.2 Å². The number of halogens is 1. The van der Waals surface area contributed by atoms with E-state index in [1.165, 1.54) is 11.3 Å². The third-order valence-electron chi connectivity index (χ3n) is 5.17. The lowest BCUT2D eigenvalue weighted by atomic mass is 9.88. The Bertz CT molecular complexity index is 1000. The molecule has 0 bridgehead atoms. The van der Waals surface area contributed by atoms with Crippen LogP contribution in [0.25, 0.3) is 0 Å². The Morgan fingerprint density at radius 1 is 1.24 bits per heavy atom. The van der Waals surface area contributed by atoms with Gasteiger partial charge >= 0.3 is 0 Å². The molecule has 0 radical (unpaired) electrons. The van der Waals surface area contributed by atoms with Crippen molar-refractivity contribution in [3.63, 3.8) is 0 Å². The van der Waals surface area contributed by atoms with Gasteiger partial charge in [0.1, 0.15) is 0 Å². The minimum Gasteiger partial charge on any atom is -0.325 e. The molecular formula is C20H26BrN3O3S2. The largest absolute Gasteiger partial charge is 0.325 e. The van der Waals surface area contributed by atoms with Crippen LogP contribution in [0.5, 0.6) is 0 Å². The number of aryl methyl sites for hydroxylation is 2. The fraction of sp³-hybridized carbons (Fsp3) is 0.500. The van der Waals surface area contributed by atoms with Gasteiger partial charge in [-0.25, -0.2) is 13.4 Å². The summed E-state index contributed by atoms with van der Waals surface area (Å²) in [6.45, 7) is 7.71. The molecule has 0 saturated heterocycles. The number of anilines is 2. The molecule has 1 aliphatic rings. The van der Waals surface area contributed by atoms with Crippen LogP contribution in [0.15, 0.2) is 22.0 Å². The highest BCUT2D eigenvalue weighted by molar-refractivity contribution is 9.10. The molecular weight excluding hydrogens is 474 g/mol. The Morgan fingerprint density at radius 3 is 2.34 bits per heavy atom. The van der Waals surface area contributed by atoms with E-state index in [9.17, 15) is 13.2 Å². The number of nitrogens with one attached hydrogen (secondary N) is 2. The van der Waals surface area contributed by atoms with Gasteiger partial charge in [0.25, 0.3) is 0 Å². The van der Waals surface area contributed by atoms with Gasteiger partial charge in [-0.05, 0) is 62.8 Å². The first kappa shape index (κ1) is 22.2. The second-order valence-corrected chi connectivity index (χ2v) is 11.5. The standard InChI is InChI=1S/C20H26BrN3O3S2/c1-5-12-9-14(21)10-13(6-2)17(12)23-18(25)20(3,4)16-11-28-19(22-16)24-29(26,27)15-7-8-15/h9-11,15H,5-8H2,1-4H3,(H,22,24)(H,23,25). The molecule has 0 aliphatic heterocycles. The molecule has 29 heavy (non-hydrogen) atoms. The summed E-state index contributed by atoms with van der Waals surface area (Å²) < 4.78 is 27.8. The van der Waals surface area contributed by atoms with Crippen LogP contribution in [0.3, 0.4) is 0 Å². The molecule has 1 saturated carbocycles. The predicted molar refractivity (Wildman–Crippen MR) is 122 cm³/mol. The van der Waals surface area contributed by atoms with E-state index in [2.05, 4.69) is 44.8 Å². The van der Waals surface area contributed by atoms with E-state index in [1.807, 2.05) is 12.1 Å². The molecule has 0 unspecified atom stereocenters. The second-order valence-electron chi connectivity index (χ2n) is 7.77. The number of aromatic nitrogens is 1. The molecule has 1 aromatic carbocycles. The van der Waals surface area contributed by atoms with Crippen molar-refractivity contribution in [3.05, 3.63) is 38.8 Å². The molecule has 2 N–H and O–H groups in total. The van der Waals surface area contributed by atoms with Gasteiger partial charge in [-0.2, -0.15) is 0 Å². The average molecular weight is 500 g/mol. The lowest BCUT2D eigenvalue weighted by Gasteiger charge is -2.24. The number of thiazole rings is 1. The highest BCUT2D eigenvalue weighted by Gasteiger charge is 2.37. The maximum Gasteiger partial charge on any atom is 0.237 e. The van der Waals surface area contributed by atoms with Crippen molar-refractivity contribution in [2.24, 2.45) is 0 Å². The maximum atomic E-state index is 13.2. The average Bonchev–Trinajstić information content (AvgIpc) is 3.43. The van der Waals surface area contributed by atoms with Gasteiger partial charge < -0.3 is 5.32 Å². The van der Waals surface area contributed by atoms with Gasteiger partial charge in [-0.1, -0.05) is 29.8 Å². The summed E-state index contributed by atoms with van der Waals surface area (Å²) in [6, 6.07) is 4.05. The van der Waals surface area contributed by atoms with Crippen molar-refractivity contribution in [1.29, 1.82) is 0 Å². The summed E-state index contributed by atoms with van der Waals surface area (Å²) in [5, 5.41) is 4.83. The van der Waals surface area contributed by atoms with Crippen LogP contribution in [0, 0.1) is 0 Å². The summed E-state index contributed by atoms with van der Waals surface area (Å²) in [5.74, 6) is -0.175. The van der Waals surface area contributed by atoms with Gasteiger partial charge in [0.15, 0.2) is 5.13 Å². The van der Waals surface area contributed by atoms with E-state index in [0.29, 0.717) is 23.7 Å². The number of nitrogens with zero attached hydrogens (tertiary/aromatic N) is 1. The van der Waals surface area contributed by atoms with Crippen molar-refractivity contribution in [1.82, 2.24) is 4.98 Å². The zero-order valence-electron chi connectivity index (χ0n) is 17.0. The topological polar surface area (TPSA) is 88.2 Å². The summed E-state index contributed by atoms with van der Waals surface area (Å²) >= 11 is 4.74. The van der Waals surface area contributed by atoms with Crippen molar-refractivity contribution in [2.75, 3.05) is 10.0 Å². The zero-order valence-corrected chi connectivity index (χ0v) is 20.2. The minimum absolute atomic E-state index is 0.175. The van der Waals surface area contributed by atoms with E-state index < -0.39 is 15.4 Å². The Morgan fingerprint density at radius 2 is 1.83 bits per heavy atom. The lowest BCUT2D eigenvalue weighted by Crippen LogP contribution is -2.35. The Hall–Kier alpha value is -1.45. The number of amides is 1. The van der Waals surface area contributed by atoms with Crippen molar-refractivity contribution >= 4 is 54.0 Å². The number of hydrogen-bond donors (Lipinski definition) is 2. The number of sulfonamides is 1. The maximum absolute atomic E-state index is 13.2. The normalized spacial score (nSPS) is 14.7. The van der Waals surface area contributed by atoms with Gasteiger partial charge in [-0.15, -0.1) is 11.3 Å². The first-order valence-electron chi connectivity index (χ1n) is 9.68. The van der Waals surface area contributed by atoms with E-state index >= 15 is 0 Å². The molecule has 2 aromatic rings. The van der Waals surface area contributed by atoms with Crippen LogP contribution in [0.1, 0.15) is 57.4 Å². The number of carbonyl (C=O) groups excluding carboxylic acids is 1. The Balaban J connectivity index is 1.82. The molecule has 6 nitrogen and oxygen atoms in total. The summed E-state index contributed by atoms with van der Waals surface area (Å²) in [5.41, 5.74) is 2.61. The van der Waals surface area contributed by atoms with Crippen molar-refractivity contribution in [2.45, 2.75) is 64.0 Å². The molecule has 3 rings (SSSR count). The third kappa shape index (κ3) is 4.83. The van der Waals surface area contributed by atoms with Crippen LogP contribution in [-0.2, 0) is 33.1 Å². The van der Waals surface area contributed by atoms with E-state index in [1.54, 1.807) is 19.2 Å². The highest BCUT2D eigenvalue weighted by atomic mass is 79.9. The van der Waals surface area contributed by atoms with Crippen molar-refractivity contribution < 1.29 is 13.2 Å². The van der Waals surface area contributed by atoms with Crippen molar-refractivity contribution in [3.8, 4) is 0 Å². The van der Waals surface area contributed by atoms with E-state index in [0.717, 1.165) is 34.1 Å². The fourth-order valence-corrected chi connectivity index (χ4v) is 6.05. The quantitative estimate of drug-likeness (QED) is 0.543. The molecule has 1 fully saturated rings. The van der Waals surface area contributed by atoms with Gasteiger partial charge in [0.05, 0.1) is 16.4 Å². The zero-order chi connectivity index (χ0) is 21.4. The molecule has 0 spiro atoms. The number of rotatable bonds is 8. The predicted octanol–water partition coefficient (Wildman–Crippen LogP) is 4.85. The monoisotopic (exact) mass is 499 g/mol. The molecule has 9 heteroatoms. The number of carbonyl (C=O) groups is 1.